The van der Waals surface area contributed by atoms with E-state index < -0.39 is 0 Å². The molecule has 1 heterocycles. The van der Waals surface area contributed by atoms with Crippen LogP contribution in [-0.2, 0) is 0 Å². The Kier molecular flexibility index (Phi) is 2.32. The zero-order chi connectivity index (χ0) is 11.8. The molecular formula is C14H15N3. The number of nitrogen functional groups attached to an aromatic ring is 1. The minimum atomic E-state index is 0.542. The molecule has 0 spiro atoms. The van der Waals surface area contributed by atoms with Gasteiger partial charge in [-0.2, -0.15) is 0 Å². The van der Waals surface area contributed by atoms with Crippen LogP contribution in [-0.4, -0.2) is 9.97 Å². The van der Waals surface area contributed by atoms with Gasteiger partial charge in [-0.25, -0.2) is 9.97 Å². The molecule has 0 bridgehead atoms. The van der Waals surface area contributed by atoms with Crippen molar-refractivity contribution in [3.05, 3.63) is 41.9 Å². The number of aromatic nitrogens is 2. The lowest BCUT2D eigenvalue weighted by atomic mass is 10.0. The van der Waals surface area contributed by atoms with Gasteiger partial charge in [-0.05, 0) is 25.3 Å². The van der Waals surface area contributed by atoms with Gasteiger partial charge in [-0.1, -0.05) is 30.3 Å². The molecule has 0 amide bonds. The number of nitrogens with two attached hydrogens (primary N) is 1. The first-order valence-corrected chi connectivity index (χ1v) is 5.95. The predicted molar refractivity (Wildman–Crippen MR) is 68.6 cm³/mol. The molecule has 0 radical (unpaired) electrons. The monoisotopic (exact) mass is 225 g/mol. The number of benzene rings is 1. The van der Waals surface area contributed by atoms with Crippen molar-refractivity contribution in [2.45, 2.75) is 25.7 Å². The Labute approximate surface area is 101 Å². The fourth-order valence-corrected chi connectivity index (χ4v) is 2.10. The van der Waals surface area contributed by atoms with Crippen molar-refractivity contribution < 1.29 is 0 Å². The van der Waals surface area contributed by atoms with Crippen LogP contribution in [0.25, 0.3) is 11.1 Å². The molecule has 17 heavy (non-hydrogen) atoms. The van der Waals surface area contributed by atoms with Crippen LogP contribution in [0, 0.1) is 6.92 Å². The lowest BCUT2D eigenvalue weighted by Gasteiger charge is -2.10. The van der Waals surface area contributed by atoms with Crippen LogP contribution in [0.2, 0.25) is 0 Å². The number of hydrogen-bond acceptors (Lipinski definition) is 3. The zero-order valence-corrected chi connectivity index (χ0v) is 9.85. The van der Waals surface area contributed by atoms with Gasteiger partial charge in [0.15, 0.2) is 0 Å². The van der Waals surface area contributed by atoms with Gasteiger partial charge in [0, 0.05) is 11.5 Å². The molecule has 0 aliphatic heterocycles. The van der Waals surface area contributed by atoms with E-state index in [9.17, 15) is 0 Å². The van der Waals surface area contributed by atoms with Crippen LogP contribution in [0.4, 0.5) is 5.82 Å². The van der Waals surface area contributed by atoms with Crippen LogP contribution in [0.1, 0.15) is 30.3 Å². The largest absolute Gasteiger partial charge is 0.383 e. The van der Waals surface area contributed by atoms with Gasteiger partial charge >= 0.3 is 0 Å². The third-order valence-electron chi connectivity index (χ3n) is 3.14. The second-order valence-corrected chi connectivity index (χ2v) is 4.57. The maximum Gasteiger partial charge on any atom is 0.135 e. The number of anilines is 1. The van der Waals surface area contributed by atoms with Crippen molar-refractivity contribution in [1.82, 2.24) is 9.97 Å². The number of nitrogens with zero attached hydrogens (tertiary/aromatic N) is 2. The maximum atomic E-state index is 6.07. The Morgan fingerprint density at radius 2 is 1.82 bits per heavy atom. The molecule has 3 heteroatoms. The Balaban J connectivity index is 2.11. The fraction of sp³-hybridized carbons (Fsp3) is 0.286. The van der Waals surface area contributed by atoms with Crippen molar-refractivity contribution in [3.63, 3.8) is 0 Å². The third kappa shape index (κ3) is 1.88. The normalized spacial score (nSPS) is 14.9. The predicted octanol–water partition coefficient (Wildman–Crippen LogP) is 2.91. The lowest BCUT2D eigenvalue weighted by Crippen LogP contribution is -2.04. The summed E-state index contributed by atoms with van der Waals surface area (Å²) in [6.45, 7) is 2.01. The smallest absolute Gasteiger partial charge is 0.135 e. The summed E-state index contributed by atoms with van der Waals surface area (Å²) >= 11 is 0. The van der Waals surface area contributed by atoms with Crippen LogP contribution in [0.5, 0.6) is 0 Å². The van der Waals surface area contributed by atoms with Crippen LogP contribution in [0.3, 0.4) is 0 Å². The SMILES string of the molecule is Cc1nc(C2CC2)nc(N)c1-c1ccccc1. The number of aryl methyl sites for hydroxylation is 1. The molecule has 1 aromatic heterocycles. The summed E-state index contributed by atoms with van der Waals surface area (Å²) in [7, 11) is 0. The Bertz CT molecular complexity index is 522. The molecule has 2 aromatic rings. The minimum Gasteiger partial charge on any atom is -0.383 e. The van der Waals surface area contributed by atoms with E-state index in [-0.39, 0.29) is 0 Å². The van der Waals surface area contributed by atoms with Gasteiger partial charge in [-0.3, -0.25) is 0 Å². The van der Waals surface area contributed by atoms with E-state index in [2.05, 4.69) is 9.97 Å². The average Bonchev–Trinajstić information content (AvgIpc) is 3.13. The summed E-state index contributed by atoms with van der Waals surface area (Å²) in [6, 6.07) is 10.1. The molecule has 1 aliphatic carbocycles. The quantitative estimate of drug-likeness (QED) is 0.855. The average molecular weight is 225 g/mol. The first kappa shape index (κ1) is 10.3. The molecule has 3 rings (SSSR count). The molecular weight excluding hydrogens is 210 g/mol. The van der Waals surface area contributed by atoms with E-state index in [0.717, 1.165) is 22.6 Å². The topological polar surface area (TPSA) is 51.8 Å². The second kappa shape index (κ2) is 3.84. The van der Waals surface area contributed by atoms with E-state index in [4.69, 9.17) is 5.73 Å². The molecule has 2 N–H and O–H groups in total. The Morgan fingerprint density at radius 3 is 2.41 bits per heavy atom. The van der Waals surface area contributed by atoms with E-state index in [1.54, 1.807) is 0 Å². The summed E-state index contributed by atoms with van der Waals surface area (Å²) in [5.74, 6) is 2.06. The molecule has 1 aliphatic rings. The molecule has 3 nitrogen and oxygen atoms in total. The van der Waals surface area contributed by atoms with Gasteiger partial charge in [0.2, 0.25) is 0 Å². The van der Waals surface area contributed by atoms with Crippen LogP contribution < -0.4 is 5.73 Å². The maximum absolute atomic E-state index is 6.07. The standard InChI is InChI=1S/C14H15N3/c1-9-12(10-5-3-2-4-6-10)13(15)17-14(16-9)11-7-8-11/h2-6,11H,7-8H2,1H3,(H2,15,16,17). The van der Waals surface area contributed by atoms with Gasteiger partial charge in [0.05, 0.1) is 5.69 Å². The highest BCUT2D eigenvalue weighted by Gasteiger charge is 2.27. The Morgan fingerprint density at radius 1 is 1.12 bits per heavy atom. The van der Waals surface area contributed by atoms with Crippen molar-refractivity contribution in [2.24, 2.45) is 0 Å². The van der Waals surface area contributed by atoms with Gasteiger partial charge in [0.1, 0.15) is 11.6 Å². The van der Waals surface area contributed by atoms with Gasteiger partial charge in [0.25, 0.3) is 0 Å². The van der Waals surface area contributed by atoms with Gasteiger partial charge in [-0.15, -0.1) is 0 Å². The highest BCUT2D eigenvalue weighted by molar-refractivity contribution is 5.75. The van der Waals surface area contributed by atoms with Crippen molar-refractivity contribution in [2.75, 3.05) is 5.73 Å². The molecule has 0 unspecified atom stereocenters. The van der Waals surface area contributed by atoms with E-state index in [1.807, 2.05) is 37.3 Å². The molecule has 0 atom stereocenters. The van der Waals surface area contributed by atoms with E-state index in [1.165, 1.54) is 12.8 Å². The summed E-state index contributed by atoms with van der Waals surface area (Å²) in [5, 5.41) is 0. The number of hydrogen-bond donors (Lipinski definition) is 1. The second-order valence-electron chi connectivity index (χ2n) is 4.57. The van der Waals surface area contributed by atoms with E-state index in [0.29, 0.717) is 11.7 Å². The number of rotatable bonds is 2. The van der Waals surface area contributed by atoms with Gasteiger partial charge < -0.3 is 5.73 Å². The summed E-state index contributed by atoms with van der Waals surface area (Å²) in [4.78, 5) is 9.02. The van der Waals surface area contributed by atoms with Crippen molar-refractivity contribution in [1.29, 1.82) is 0 Å². The summed E-state index contributed by atoms with van der Waals surface area (Å²) < 4.78 is 0. The Hall–Kier alpha value is -1.90. The van der Waals surface area contributed by atoms with Crippen LogP contribution >= 0.6 is 0 Å². The van der Waals surface area contributed by atoms with Crippen LogP contribution in [0.15, 0.2) is 30.3 Å². The lowest BCUT2D eigenvalue weighted by molar-refractivity contribution is 0.914. The summed E-state index contributed by atoms with van der Waals surface area (Å²) in [5.41, 5.74) is 9.10. The van der Waals surface area contributed by atoms with Crippen molar-refractivity contribution >= 4 is 5.82 Å². The highest BCUT2D eigenvalue weighted by atomic mass is 15.0. The molecule has 1 aromatic carbocycles. The fourth-order valence-electron chi connectivity index (χ4n) is 2.10. The minimum absolute atomic E-state index is 0.542. The first-order chi connectivity index (χ1) is 8.25. The molecule has 1 saturated carbocycles. The molecule has 86 valence electrons. The van der Waals surface area contributed by atoms with Crippen molar-refractivity contribution in [3.8, 4) is 11.1 Å². The molecule has 0 saturated heterocycles. The third-order valence-corrected chi connectivity index (χ3v) is 3.14. The molecule has 1 fully saturated rings. The zero-order valence-electron chi connectivity index (χ0n) is 9.85. The highest BCUT2D eigenvalue weighted by Crippen LogP contribution is 2.39. The summed E-state index contributed by atoms with van der Waals surface area (Å²) in [6.07, 6.45) is 2.40. The first-order valence-electron chi connectivity index (χ1n) is 5.95. The van der Waals surface area contributed by atoms with E-state index >= 15 is 0 Å².